The highest BCUT2D eigenvalue weighted by molar-refractivity contribution is 6.32. The molecule has 2 aromatic rings. The Labute approximate surface area is 223 Å². The highest BCUT2D eigenvalue weighted by atomic mass is 35.5. The molecule has 202 valence electrons. The van der Waals surface area contributed by atoms with Crippen LogP contribution in [0.3, 0.4) is 0 Å². The fourth-order valence-electron chi connectivity index (χ4n) is 6.22. The van der Waals surface area contributed by atoms with E-state index in [1.807, 2.05) is 12.1 Å². The number of hydrogen-bond donors (Lipinski definition) is 1. The average Bonchev–Trinajstić information content (AvgIpc) is 3.34. The maximum Gasteiger partial charge on any atom is 0.287 e. The topological polar surface area (TPSA) is 62.6 Å². The maximum atomic E-state index is 13.6. The van der Waals surface area contributed by atoms with Crippen LogP contribution in [-0.4, -0.2) is 67.2 Å². The minimum Gasteiger partial charge on any atom is -0.382 e. The number of anilines is 2. The fraction of sp³-hybridized carbons (Fsp3) is 0.643. The highest BCUT2D eigenvalue weighted by Gasteiger charge is 2.31. The predicted molar refractivity (Wildman–Crippen MR) is 146 cm³/mol. The highest BCUT2D eigenvalue weighted by Crippen LogP contribution is 2.34. The minimum absolute atomic E-state index is 0.0368. The van der Waals surface area contributed by atoms with Gasteiger partial charge in [0.25, 0.3) is 5.56 Å². The first kappa shape index (κ1) is 26.4. The van der Waals surface area contributed by atoms with E-state index < -0.39 is 0 Å². The van der Waals surface area contributed by atoms with Gasteiger partial charge in [-0.3, -0.25) is 4.79 Å². The van der Waals surface area contributed by atoms with Gasteiger partial charge in [0.05, 0.1) is 24.5 Å². The van der Waals surface area contributed by atoms with Crippen molar-refractivity contribution < 1.29 is 9.13 Å². The molecule has 2 saturated heterocycles. The van der Waals surface area contributed by atoms with E-state index in [4.69, 9.17) is 16.3 Å². The third-order valence-corrected chi connectivity index (χ3v) is 8.70. The standard InChI is InChI=1S/C28H39ClFN5O2/c1-33-13-12-21(17-33)18-34(23-6-4-22(30)5-7-23)24-8-10-25(11-9-24)35-28(36)27(29)26(16-32-35)31-15-20-3-2-14-37-19-20/h4-7,16,20-21,24-25,31H,2-3,8-15,17-19H2,1H3/t20-,21-,24?,25?/m1/s1. The molecular weight excluding hydrogens is 493 g/mol. The van der Waals surface area contributed by atoms with Gasteiger partial charge >= 0.3 is 0 Å². The minimum atomic E-state index is -0.223. The van der Waals surface area contributed by atoms with E-state index in [1.165, 1.54) is 6.42 Å². The molecule has 0 spiro atoms. The number of likely N-dealkylation sites (tertiary alicyclic amines) is 1. The van der Waals surface area contributed by atoms with Gasteiger partial charge in [-0.05, 0) is 94.6 Å². The molecule has 1 saturated carbocycles. The summed E-state index contributed by atoms with van der Waals surface area (Å²) in [5, 5.41) is 8.05. The van der Waals surface area contributed by atoms with Crippen LogP contribution in [0.25, 0.3) is 0 Å². The first-order valence-corrected chi connectivity index (χ1v) is 14.2. The van der Waals surface area contributed by atoms with Crippen LogP contribution in [0.1, 0.15) is 51.0 Å². The lowest BCUT2D eigenvalue weighted by Crippen LogP contribution is -2.43. The zero-order chi connectivity index (χ0) is 25.8. The van der Waals surface area contributed by atoms with E-state index in [2.05, 4.69) is 27.3 Å². The SMILES string of the molecule is CN1CC[C@@H](CN(c2ccc(F)cc2)C2CCC(n3ncc(NC[C@H]4CCCOC4)c(Cl)c3=O)CC2)C1. The number of hydrogen-bond acceptors (Lipinski definition) is 6. The van der Waals surface area contributed by atoms with Gasteiger partial charge < -0.3 is 19.9 Å². The molecule has 0 amide bonds. The molecular formula is C28H39ClFN5O2. The number of nitrogens with one attached hydrogen (secondary N) is 1. The second-order valence-electron chi connectivity index (χ2n) is 11.1. The summed E-state index contributed by atoms with van der Waals surface area (Å²) in [4.78, 5) is 18.0. The van der Waals surface area contributed by atoms with E-state index >= 15 is 0 Å². The van der Waals surface area contributed by atoms with E-state index in [-0.39, 0.29) is 22.4 Å². The van der Waals surface area contributed by atoms with E-state index in [1.54, 1.807) is 23.0 Å². The molecule has 1 aromatic heterocycles. The third-order valence-electron chi connectivity index (χ3n) is 8.33. The Morgan fingerprint density at radius 1 is 1.14 bits per heavy atom. The monoisotopic (exact) mass is 531 g/mol. The number of nitrogens with zero attached hydrogens (tertiary/aromatic N) is 4. The van der Waals surface area contributed by atoms with Crippen molar-refractivity contribution in [3.8, 4) is 0 Å². The summed E-state index contributed by atoms with van der Waals surface area (Å²) in [6, 6.07) is 7.30. The van der Waals surface area contributed by atoms with Crippen LogP contribution in [0.4, 0.5) is 15.8 Å². The van der Waals surface area contributed by atoms with E-state index in [9.17, 15) is 9.18 Å². The summed E-state index contributed by atoms with van der Waals surface area (Å²) in [5.41, 5.74) is 1.46. The molecule has 0 unspecified atom stereocenters. The van der Waals surface area contributed by atoms with Crippen molar-refractivity contribution in [2.45, 2.75) is 57.0 Å². The second kappa shape index (κ2) is 12.1. The number of rotatable bonds is 8. The summed E-state index contributed by atoms with van der Waals surface area (Å²) >= 11 is 6.50. The van der Waals surface area contributed by atoms with Gasteiger partial charge in [-0.2, -0.15) is 5.10 Å². The van der Waals surface area contributed by atoms with Crippen LogP contribution in [-0.2, 0) is 4.74 Å². The van der Waals surface area contributed by atoms with Gasteiger partial charge in [0.2, 0.25) is 0 Å². The smallest absolute Gasteiger partial charge is 0.287 e. The van der Waals surface area contributed by atoms with Gasteiger partial charge in [0, 0.05) is 38.0 Å². The van der Waals surface area contributed by atoms with Crippen LogP contribution >= 0.6 is 11.6 Å². The molecule has 3 heterocycles. The van der Waals surface area contributed by atoms with Crippen LogP contribution in [0, 0.1) is 17.7 Å². The van der Waals surface area contributed by atoms with Crippen LogP contribution in [0.2, 0.25) is 5.02 Å². The Balaban J connectivity index is 1.23. The Morgan fingerprint density at radius 3 is 2.59 bits per heavy atom. The normalized spacial score (nSPS) is 26.8. The Hall–Kier alpha value is -2.16. The molecule has 1 aliphatic carbocycles. The molecule has 0 radical (unpaired) electrons. The van der Waals surface area contributed by atoms with Crippen LogP contribution < -0.4 is 15.8 Å². The van der Waals surface area contributed by atoms with Crippen LogP contribution in [0.5, 0.6) is 0 Å². The molecule has 9 heteroatoms. The van der Waals surface area contributed by atoms with Gasteiger partial charge in [0.15, 0.2) is 0 Å². The molecule has 37 heavy (non-hydrogen) atoms. The quantitative estimate of drug-likeness (QED) is 0.527. The first-order valence-electron chi connectivity index (χ1n) is 13.8. The largest absolute Gasteiger partial charge is 0.382 e. The van der Waals surface area contributed by atoms with E-state index in [0.717, 1.165) is 83.6 Å². The lowest BCUT2D eigenvalue weighted by molar-refractivity contribution is 0.0595. The summed E-state index contributed by atoms with van der Waals surface area (Å²) in [6.07, 6.45) is 8.71. The van der Waals surface area contributed by atoms with Gasteiger partial charge in [-0.25, -0.2) is 9.07 Å². The van der Waals surface area contributed by atoms with Crippen molar-refractivity contribution in [1.82, 2.24) is 14.7 Å². The van der Waals surface area contributed by atoms with Crippen LogP contribution in [0.15, 0.2) is 35.3 Å². The van der Waals surface area contributed by atoms with Crippen molar-refractivity contribution in [1.29, 1.82) is 0 Å². The summed E-state index contributed by atoms with van der Waals surface area (Å²) in [7, 11) is 2.18. The molecule has 1 N–H and O–H groups in total. The number of benzene rings is 1. The Bertz CT molecular complexity index is 1080. The lowest BCUT2D eigenvalue weighted by atomic mass is 9.89. The number of aromatic nitrogens is 2. The van der Waals surface area contributed by atoms with Crippen molar-refractivity contribution in [2.24, 2.45) is 11.8 Å². The molecule has 2 atom stereocenters. The number of ether oxygens (including phenoxy) is 1. The van der Waals surface area contributed by atoms with Crippen molar-refractivity contribution in [3.63, 3.8) is 0 Å². The molecule has 3 fully saturated rings. The Kier molecular flexibility index (Phi) is 8.67. The third kappa shape index (κ3) is 6.47. The molecule has 1 aromatic carbocycles. The van der Waals surface area contributed by atoms with Gasteiger partial charge in [0.1, 0.15) is 10.8 Å². The molecule has 2 aliphatic heterocycles. The molecule has 5 rings (SSSR count). The molecule has 0 bridgehead atoms. The summed E-state index contributed by atoms with van der Waals surface area (Å²) in [6.45, 7) is 5.50. The van der Waals surface area contributed by atoms with E-state index in [0.29, 0.717) is 23.6 Å². The predicted octanol–water partition coefficient (Wildman–Crippen LogP) is 4.82. The lowest BCUT2D eigenvalue weighted by Gasteiger charge is -2.40. The van der Waals surface area contributed by atoms with Crippen molar-refractivity contribution in [2.75, 3.05) is 56.7 Å². The summed E-state index contributed by atoms with van der Waals surface area (Å²) in [5.74, 6) is 0.827. The zero-order valence-electron chi connectivity index (χ0n) is 21.7. The average molecular weight is 532 g/mol. The first-order chi connectivity index (χ1) is 18.0. The van der Waals surface area contributed by atoms with Gasteiger partial charge in [-0.1, -0.05) is 11.6 Å². The zero-order valence-corrected chi connectivity index (χ0v) is 22.5. The van der Waals surface area contributed by atoms with Gasteiger partial charge in [-0.15, -0.1) is 0 Å². The fourth-order valence-corrected chi connectivity index (χ4v) is 6.42. The Morgan fingerprint density at radius 2 is 1.92 bits per heavy atom. The molecule has 3 aliphatic rings. The van der Waals surface area contributed by atoms with Crippen molar-refractivity contribution in [3.05, 3.63) is 51.7 Å². The number of halogens is 2. The second-order valence-corrected chi connectivity index (χ2v) is 11.5. The summed E-state index contributed by atoms with van der Waals surface area (Å²) < 4.78 is 20.8. The maximum absolute atomic E-state index is 13.6. The molecule has 7 nitrogen and oxygen atoms in total. The van der Waals surface area contributed by atoms with Crippen molar-refractivity contribution >= 4 is 23.0 Å².